The van der Waals surface area contributed by atoms with Gasteiger partial charge in [0.25, 0.3) is 0 Å². The number of nitrogens with zero attached hydrogens (tertiary/aromatic N) is 3. The summed E-state index contributed by atoms with van der Waals surface area (Å²) in [6.45, 7) is 3.95. The number of carboxylic acid groups (broad SMARTS) is 1. The van der Waals surface area contributed by atoms with E-state index in [1.807, 2.05) is 18.2 Å². The van der Waals surface area contributed by atoms with E-state index in [4.69, 9.17) is 5.11 Å². The molecule has 2 heterocycles. The quantitative estimate of drug-likeness (QED) is 0.120. The zero-order chi connectivity index (χ0) is 30.7. The van der Waals surface area contributed by atoms with E-state index < -0.39 is 5.97 Å². The van der Waals surface area contributed by atoms with Gasteiger partial charge in [-0.15, -0.1) is 11.3 Å². The molecule has 5 N–H and O–H groups in total. The average molecular weight is 614 g/mol. The van der Waals surface area contributed by atoms with Crippen LogP contribution in [0.2, 0.25) is 0 Å². The Bertz CT molecular complexity index is 1490. The first-order chi connectivity index (χ1) is 21.4. The first-order valence-corrected chi connectivity index (χ1v) is 16.0. The molecule has 230 valence electrons. The molecule has 1 atom stereocenters. The minimum absolute atomic E-state index is 0.0298. The first kappa shape index (κ1) is 30.9. The number of carboxylic acids is 1. The fraction of sp³-hybridized carbons (Fsp3) is 0.364. The van der Waals surface area contributed by atoms with Gasteiger partial charge in [0.1, 0.15) is 0 Å². The second kappa shape index (κ2) is 15.3. The van der Waals surface area contributed by atoms with Crippen LogP contribution in [0.4, 0.5) is 17.8 Å². The average Bonchev–Trinajstić information content (AvgIpc) is 3.57. The summed E-state index contributed by atoms with van der Waals surface area (Å²) in [4.78, 5) is 39.2. The molecule has 2 aromatic heterocycles. The number of amides is 1. The molecule has 4 aromatic rings. The highest BCUT2D eigenvalue weighted by molar-refractivity contribution is 7.09. The molecule has 1 saturated carbocycles. The SMILES string of the molecule is CC(CNc1nc(NCCc2cccs2)nc(NC2CCC(C(=O)NCc3ccc(C(=O)O)cc3)CC2)n1)c1ccccc1. The lowest BCUT2D eigenvalue weighted by molar-refractivity contribution is -0.126. The molecule has 10 nitrogen and oxygen atoms in total. The number of carbonyl (C=O) groups excluding carboxylic acids is 1. The summed E-state index contributed by atoms with van der Waals surface area (Å²) in [5.74, 6) is 0.857. The summed E-state index contributed by atoms with van der Waals surface area (Å²) in [6.07, 6.45) is 4.06. The van der Waals surface area contributed by atoms with Crippen molar-refractivity contribution in [3.05, 3.63) is 93.7 Å². The van der Waals surface area contributed by atoms with Crippen molar-refractivity contribution in [1.82, 2.24) is 20.3 Å². The predicted octanol–water partition coefficient (Wildman–Crippen LogP) is 5.79. The van der Waals surface area contributed by atoms with E-state index >= 15 is 0 Å². The molecule has 44 heavy (non-hydrogen) atoms. The molecule has 11 heteroatoms. The Morgan fingerprint density at radius 2 is 1.59 bits per heavy atom. The Hall–Kier alpha value is -4.51. The molecule has 2 aromatic carbocycles. The van der Waals surface area contributed by atoms with E-state index in [2.05, 4.69) is 72.8 Å². The Kier molecular flexibility index (Phi) is 10.7. The van der Waals surface area contributed by atoms with Crippen LogP contribution in [0.3, 0.4) is 0 Å². The molecular weight excluding hydrogens is 574 g/mol. The van der Waals surface area contributed by atoms with Crippen LogP contribution in [0.15, 0.2) is 72.1 Å². The molecule has 1 amide bonds. The van der Waals surface area contributed by atoms with Crippen LogP contribution in [0.1, 0.15) is 64.9 Å². The zero-order valence-electron chi connectivity index (χ0n) is 24.8. The fourth-order valence-electron chi connectivity index (χ4n) is 5.28. The number of carbonyl (C=O) groups is 2. The van der Waals surface area contributed by atoms with Crippen molar-refractivity contribution in [1.29, 1.82) is 0 Å². The van der Waals surface area contributed by atoms with Crippen LogP contribution in [0.5, 0.6) is 0 Å². The van der Waals surface area contributed by atoms with Gasteiger partial charge in [0.05, 0.1) is 5.56 Å². The lowest BCUT2D eigenvalue weighted by Crippen LogP contribution is -2.36. The van der Waals surface area contributed by atoms with Crippen molar-refractivity contribution >= 4 is 41.1 Å². The van der Waals surface area contributed by atoms with Crippen molar-refractivity contribution in [3.63, 3.8) is 0 Å². The van der Waals surface area contributed by atoms with Crippen molar-refractivity contribution < 1.29 is 14.7 Å². The largest absolute Gasteiger partial charge is 0.478 e. The zero-order valence-corrected chi connectivity index (χ0v) is 25.6. The minimum Gasteiger partial charge on any atom is -0.478 e. The second-order valence-corrected chi connectivity index (χ2v) is 12.2. The number of nitrogens with one attached hydrogen (secondary N) is 4. The Balaban J connectivity index is 1.15. The summed E-state index contributed by atoms with van der Waals surface area (Å²) >= 11 is 1.74. The third-order valence-electron chi connectivity index (χ3n) is 7.90. The van der Waals surface area contributed by atoms with E-state index in [-0.39, 0.29) is 29.3 Å². The molecule has 1 fully saturated rings. The summed E-state index contributed by atoms with van der Waals surface area (Å²) in [6, 6.07) is 21.3. The van der Waals surface area contributed by atoms with E-state index in [9.17, 15) is 9.59 Å². The number of hydrogen-bond acceptors (Lipinski definition) is 9. The molecule has 0 bridgehead atoms. The molecule has 5 rings (SSSR count). The Morgan fingerprint density at radius 3 is 2.27 bits per heavy atom. The molecule has 0 spiro atoms. The van der Waals surface area contributed by atoms with Crippen LogP contribution in [-0.2, 0) is 17.8 Å². The molecule has 1 aliphatic rings. The predicted molar refractivity (Wildman–Crippen MR) is 174 cm³/mol. The maximum absolute atomic E-state index is 12.8. The van der Waals surface area contributed by atoms with Gasteiger partial charge in [-0.2, -0.15) is 15.0 Å². The lowest BCUT2D eigenvalue weighted by atomic mass is 9.85. The summed E-state index contributed by atoms with van der Waals surface area (Å²) in [7, 11) is 0. The molecule has 0 radical (unpaired) electrons. The van der Waals surface area contributed by atoms with Gasteiger partial charge in [-0.1, -0.05) is 55.5 Å². The van der Waals surface area contributed by atoms with Gasteiger partial charge in [0.15, 0.2) is 0 Å². The normalized spacial score (nSPS) is 16.9. The number of thiophene rings is 1. The second-order valence-electron chi connectivity index (χ2n) is 11.2. The number of aromatic carboxylic acids is 1. The lowest BCUT2D eigenvalue weighted by Gasteiger charge is -2.28. The molecule has 1 aliphatic carbocycles. The minimum atomic E-state index is -0.963. The fourth-order valence-corrected chi connectivity index (χ4v) is 5.98. The van der Waals surface area contributed by atoms with Gasteiger partial charge >= 0.3 is 5.97 Å². The highest BCUT2D eigenvalue weighted by atomic mass is 32.1. The van der Waals surface area contributed by atoms with E-state index in [1.54, 1.807) is 35.6 Å². The van der Waals surface area contributed by atoms with Gasteiger partial charge in [-0.25, -0.2) is 4.79 Å². The summed E-state index contributed by atoms with van der Waals surface area (Å²) in [5.41, 5.74) is 2.35. The maximum Gasteiger partial charge on any atom is 0.335 e. The van der Waals surface area contributed by atoms with E-state index in [0.717, 1.165) is 37.7 Å². The van der Waals surface area contributed by atoms with Crippen LogP contribution in [-0.4, -0.2) is 51.1 Å². The molecular formula is C33H39N7O3S. The van der Waals surface area contributed by atoms with Gasteiger partial charge in [0.2, 0.25) is 23.8 Å². The van der Waals surface area contributed by atoms with Gasteiger partial charge in [0, 0.05) is 36.5 Å². The summed E-state index contributed by atoms with van der Waals surface area (Å²) < 4.78 is 0. The molecule has 0 aliphatic heterocycles. The van der Waals surface area contributed by atoms with Crippen molar-refractivity contribution in [2.24, 2.45) is 5.92 Å². The third-order valence-corrected chi connectivity index (χ3v) is 8.84. The first-order valence-electron chi connectivity index (χ1n) is 15.1. The highest BCUT2D eigenvalue weighted by Crippen LogP contribution is 2.27. The topological polar surface area (TPSA) is 141 Å². The van der Waals surface area contributed by atoms with Crippen LogP contribution in [0, 0.1) is 5.92 Å². The van der Waals surface area contributed by atoms with Gasteiger partial charge in [-0.3, -0.25) is 4.79 Å². The van der Waals surface area contributed by atoms with E-state index in [1.165, 1.54) is 10.4 Å². The van der Waals surface area contributed by atoms with Gasteiger partial charge < -0.3 is 26.4 Å². The maximum atomic E-state index is 12.8. The number of anilines is 3. The monoisotopic (exact) mass is 613 g/mol. The number of aromatic nitrogens is 3. The van der Waals surface area contributed by atoms with Crippen molar-refractivity contribution in [3.8, 4) is 0 Å². The Morgan fingerprint density at radius 1 is 0.886 bits per heavy atom. The number of benzene rings is 2. The standard InChI is InChI=1S/C33H39N7O3S/c1-22(24-6-3-2-4-7-24)20-36-32-38-31(34-18-17-28-8-5-19-44-28)39-33(40-32)37-27-15-13-25(14-16-27)29(41)35-21-23-9-11-26(12-10-23)30(42)43/h2-12,19,22,25,27H,13-18,20-21H2,1H3,(H,35,41)(H,42,43)(H3,34,36,37,38,39,40). The van der Waals surface area contributed by atoms with Crippen molar-refractivity contribution in [2.45, 2.75) is 57.5 Å². The van der Waals surface area contributed by atoms with E-state index in [0.29, 0.717) is 37.5 Å². The Labute approximate surface area is 261 Å². The van der Waals surface area contributed by atoms with Crippen molar-refractivity contribution in [2.75, 3.05) is 29.0 Å². The van der Waals surface area contributed by atoms with Crippen LogP contribution in [0.25, 0.3) is 0 Å². The number of hydrogen-bond donors (Lipinski definition) is 5. The summed E-state index contributed by atoms with van der Waals surface area (Å²) in [5, 5.41) is 24.4. The smallest absolute Gasteiger partial charge is 0.335 e. The third kappa shape index (κ3) is 9.00. The van der Waals surface area contributed by atoms with Crippen LogP contribution < -0.4 is 21.3 Å². The highest BCUT2D eigenvalue weighted by Gasteiger charge is 2.27. The molecule has 0 saturated heterocycles. The molecule has 1 unspecified atom stereocenters. The van der Waals surface area contributed by atoms with Gasteiger partial charge in [-0.05, 0) is 72.7 Å². The van der Waals surface area contributed by atoms with Crippen LogP contribution >= 0.6 is 11.3 Å². The number of rotatable bonds is 14.